The summed E-state index contributed by atoms with van der Waals surface area (Å²) in [6, 6.07) is 8.99. The first-order valence-electron chi connectivity index (χ1n) is 8.16. The van der Waals surface area contributed by atoms with Crippen LogP contribution in [-0.4, -0.2) is 13.6 Å². The molecule has 2 aliphatic rings. The average Bonchev–Trinajstić information content (AvgIpc) is 2.75. The minimum atomic E-state index is 0.559. The first-order valence-corrected chi connectivity index (χ1v) is 8.16. The molecule has 0 spiro atoms. The van der Waals surface area contributed by atoms with Gasteiger partial charge in [-0.15, -0.1) is 0 Å². The molecule has 1 nitrogen and oxygen atoms in total. The minimum Gasteiger partial charge on any atom is -0.319 e. The molecule has 21 heavy (non-hydrogen) atoms. The van der Waals surface area contributed by atoms with Crippen LogP contribution >= 0.6 is 0 Å². The predicted octanol–water partition coefficient (Wildman–Crippen LogP) is 4.37. The Kier molecular flexibility index (Phi) is 4.72. The molecular formula is C20H25N. The van der Waals surface area contributed by atoms with Crippen LogP contribution in [0.4, 0.5) is 0 Å². The van der Waals surface area contributed by atoms with Gasteiger partial charge in [0.2, 0.25) is 0 Å². The van der Waals surface area contributed by atoms with Crippen molar-refractivity contribution >= 4 is 5.57 Å². The maximum Gasteiger partial charge on any atom is 0.00295 e. The Bertz CT molecular complexity index is 565. The van der Waals surface area contributed by atoms with Crippen LogP contribution < -0.4 is 5.32 Å². The van der Waals surface area contributed by atoms with E-state index < -0.39 is 0 Å². The molecule has 0 radical (unpaired) electrons. The molecule has 0 heterocycles. The zero-order valence-corrected chi connectivity index (χ0v) is 12.9. The SMILES string of the molecule is CNCC/C=C1/c2ccccc2CCC2C=CC=CC1C2. The van der Waals surface area contributed by atoms with Gasteiger partial charge in [-0.3, -0.25) is 0 Å². The van der Waals surface area contributed by atoms with Crippen LogP contribution in [-0.2, 0) is 6.42 Å². The number of hydrogen-bond acceptors (Lipinski definition) is 1. The van der Waals surface area contributed by atoms with Gasteiger partial charge in [0.05, 0.1) is 0 Å². The Morgan fingerprint density at radius 1 is 1.19 bits per heavy atom. The molecule has 2 bridgehead atoms. The molecule has 1 heteroatoms. The monoisotopic (exact) mass is 279 g/mol. The fraction of sp³-hybridized carbons (Fsp3) is 0.400. The van der Waals surface area contributed by atoms with E-state index in [0.29, 0.717) is 11.8 Å². The van der Waals surface area contributed by atoms with Crippen molar-refractivity contribution in [2.45, 2.75) is 25.7 Å². The molecule has 0 aromatic heterocycles. The number of allylic oxidation sites excluding steroid dienone is 5. The highest BCUT2D eigenvalue weighted by molar-refractivity contribution is 5.72. The lowest BCUT2D eigenvalue weighted by Gasteiger charge is -2.26. The van der Waals surface area contributed by atoms with Crippen LogP contribution in [0.1, 0.15) is 30.4 Å². The standard InChI is InChI=1S/C20H25N/c1-21-14-6-11-20-18-9-3-2-7-16(15-18)12-13-17-8-4-5-10-19(17)20/h2-5,7-11,16,18,21H,6,12-15H2,1H3/b20-11+. The maximum atomic E-state index is 3.25. The van der Waals surface area contributed by atoms with E-state index in [1.54, 1.807) is 0 Å². The molecule has 1 aromatic rings. The van der Waals surface area contributed by atoms with E-state index in [0.717, 1.165) is 13.0 Å². The van der Waals surface area contributed by atoms with Gasteiger partial charge in [-0.1, -0.05) is 54.6 Å². The van der Waals surface area contributed by atoms with Gasteiger partial charge >= 0.3 is 0 Å². The molecule has 0 saturated heterocycles. The lowest BCUT2D eigenvalue weighted by Crippen LogP contribution is -2.14. The highest BCUT2D eigenvalue weighted by atomic mass is 14.8. The van der Waals surface area contributed by atoms with E-state index in [1.807, 2.05) is 7.05 Å². The Morgan fingerprint density at radius 2 is 2.05 bits per heavy atom. The van der Waals surface area contributed by atoms with Gasteiger partial charge in [-0.2, -0.15) is 0 Å². The van der Waals surface area contributed by atoms with Crippen molar-refractivity contribution in [3.05, 3.63) is 65.8 Å². The summed E-state index contributed by atoms with van der Waals surface area (Å²) in [4.78, 5) is 0. The molecule has 2 aliphatic carbocycles. The van der Waals surface area contributed by atoms with E-state index in [2.05, 4.69) is 60.0 Å². The number of hydrogen-bond donors (Lipinski definition) is 1. The normalized spacial score (nSPS) is 26.0. The molecule has 0 saturated carbocycles. The van der Waals surface area contributed by atoms with Gasteiger partial charge in [-0.25, -0.2) is 0 Å². The first kappa shape index (κ1) is 14.3. The molecule has 1 N–H and O–H groups in total. The molecule has 0 aliphatic heterocycles. The smallest absolute Gasteiger partial charge is 0.00295 e. The van der Waals surface area contributed by atoms with Crippen molar-refractivity contribution in [1.82, 2.24) is 5.32 Å². The van der Waals surface area contributed by atoms with Crippen molar-refractivity contribution in [3.63, 3.8) is 0 Å². The molecular weight excluding hydrogens is 254 g/mol. The fourth-order valence-electron chi connectivity index (χ4n) is 3.54. The molecule has 110 valence electrons. The molecule has 0 amide bonds. The van der Waals surface area contributed by atoms with Crippen molar-refractivity contribution in [2.75, 3.05) is 13.6 Å². The third-order valence-electron chi connectivity index (χ3n) is 4.67. The van der Waals surface area contributed by atoms with Gasteiger partial charge in [0.1, 0.15) is 0 Å². The summed E-state index contributed by atoms with van der Waals surface area (Å²) in [5.41, 5.74) is 4.53. The predicted molar refractivity (Wildman–Crippen MR) is 91.2 cm³/mol. The van der Waals surface area contributed by atoms with Gasteiger partial charge < -0.3 is 5.32 Å². The Labute approximate surface area is 128 Å². The fourth-order valence-corrected chi connectivity index (χ4v) is 3.54. The lowest BCUT2D eigenvalue weighted by molar-refractivity contribution is 0.505. The van der Waals surface area contributed by atoms with Crippen molar-refractivity contribution in [3.8, 4) is 0 Å². The zero-order chi connectivity index (χ0) is 14.5. The van der Waals surface area contributed by atoms with Crippen LogP contribution in [0.25, 0.3) is 5.57 Å². The van der Waals surface area contributed by atoms with E-state index in [-0.39, 0.29) is 0 Å². The van der Waals surface area contributed by atoms with Crippen LogP contribution in [0.15, 0.2) is 54.6 Å². The van der Waals surface area contributed by atoms with Crippen LogP contribution in [0.5, 0.6) is 0 Å². The number of benzene rings is 1. The second-order valence-electron chi connectivity index (χ2n) is 6.12. The summed E-state index contributed by atoms with van der Waals surface area (Å²) in [6.45, 7) is 1.05. The second-order valence-corrected chi connectivity index (χ2v) is 6.12. The van der Waals surface area contributed by atoms with Crippen LogP contribution in [0.3, 0.4) is 0 Å². The first-order chi connectivity index (χ1) is 10.4. The summed E-state index contributed by atoms with van der Waals surface area (Å²) < 4.78 is 0. The summed E-state index contributed by atoms with van der Waals surface area (Å²) in [7, 11) is 2.02. The Balaban J connectivity index is 2.01. The number of rotatable bonds is 3. The topological polar surface area (TPSA) is 12.0 Å². The minimum absolute atomic E-state index is 0.559. The Hall–Kier alpha value is -1.60. The van der Waals surface area contributed by atoms with Crippen molar-refractivity contribution in [1.29, 1.82) is 0 Å². The highest BCUT2D eigenvalue weighted by Gasteiger charge is 2.23. The second kappa shape index (κ2) is 6.91. The number of fused-ring (bicyclic) bond motifs is 3. The largest absolute Gasteiger partial charge is 0.319 e. The molecule has 1 aromatic carbocycles. The number of nitrogens with one attached hydrogen (secondary N) is 1. The van der Waals surface area contributed by atoms with Crippen LogP contribution in [0, 0.1) is 11.8 Å². The van der Waals surface area contributed by atoms with Gasteiger partial charge in [0.15, 0.2) is 0 Å². The molecule has 2 unspecified atom stereocenters. The highest BCUT2D eigenvalue weighted by Crippen LogP contribution is 2.38. The molecule has 0 fully saturated rings. The number of aryl methyl sites for hydroxylation is 1. The summed E-state index contributed by atoms with van der Waals surface area (Å²) in [5.74, 6) is 1.27. The van der Waals surface area contributed by atoms with Gasteiger partial charge in [0.25, 0.3) is 0 Å². The maximum absolute atomic E-state index is 3.25. The summed E-state index contributed by atoms with van der Waals surface area (Å²) in [5, 5.41) is 3.25. The van der Waals surface area contributed by atoms with Gasteiger partial charge in [-0.05, 0) is 61.9 Å². The lowest BCUT2D eigenvalue weighted by atomic mass is 9.78. The molecule has 3 rings (SSSR count). The molecule has 2 atom stereocenters. The zero-order valence-electron chi connectivity index (χ0n) is 12.9. The van der Waals surface area contributed by atoms with E-state index in [4.69, 9.17) is 0 Å². The average molecular weight is 279 g/mol. The van der Waals surface area contributed by atoms with E-state index >= 15 is 0 Å². The summed E-state index contributed by atoms with van der Waals surface area (Å²) in [6.07, 6.45) is 16.6. The summed E-state index contributed by atoms with van der Waals surface area (Å²) >= 11 is 0. The third kappa shape index (κ3) is 3.36. The van der Waals surface area contributed by atoms with Crippen molar-refractivity contribution in [2.24, 2.45) is 11.8 Å². The van der Waals surface area contributed by atoms with Crippen molar-refractivity contribution < 1.29 is 0 Å². The van der Waals surface area contributed by atoms with E-state index in [9.17, 15) is 0 Å². The quantitative estimate of drug-likeness (QED) is 0.810. The third-order valence-corrected chi connectivity index (χ3v) is 4.67. The van der Waals surface area contributed by atoms with Gasteiger partial charge in [0, 0.05) is 5.92 Å². The van der Waals surface area contributed by atoms with E-state index in [1.165, 1.54) is 36.0 Å². The Morgan fingerprint density at radius 3 is 2.95 bits per heavy atom. The van der Waals surface area contributed by atoms with Crippen LogP contribution in [0.2, 0.25) is 0 Å².